The van der Waals surface area contributed by atoms with E-state index in [1.165, 1.54) is 0 Å². The Bertz CT molecular complexity index is 1320. The van der Waals surface area contributed by atoms with Crippen LogP contribution in [0.3, 0.4) is 0 Å². The maximum atomic E-state index is 12.5. The molecule has 0 bridgehead atoms. The van der Waals surface area contributed by atoms with Crippen LogP contribution >= 0.6 is 15.9 Å². The average Bonchev–Trinajstić information content (AvgIpc) is 2.79. The summed E-state index contributed by atoms with van der Waals surface area (Å²) < 4.78 is 23.3. The molecule has 186 valence electrons. The highest BCUT2D eigenvalue weighted by Gasteiger charge is 2.19. The Morgan fingerprint density at radius 2 is 1.80 bits per heavy atom. The molecule has 3 rings (SSSR count). The van der Waals surface area contributed by atoms with Gasteiger partial charge in [0.1, 0.15) is 23.9 Å². The third kappa shape index (κ3) is 6.37. The smallest absolute Gasteiger partial charge is 0.364 e. The first kappa shape index (κ1) is 26.2. The molecule has 11 heteroatoms. The number of hydrogen-bond acceptors (Lipinski definition) is 8. The SMILES string of the molecule is COc1ccc(Oc2c(C)cc(-n3nc(C(=O)OCCOC(C)C)c(=O)[nH]c3=O)cc2C)cc1Br. The number of H-pyrrole nitrogens is 1. The summed E-state index contributed by atoms with van der Waals surface area (Å²) in [6.45, 7) is 7.44. The largest absolute Gasteiger partial charge is 0.496 e. The number of nitrogens with one attached hydrogen (secondary N) is 1. The molecule has 0 aliphatic carbocycles. The summed E-state index contributed by atoms with van der Waals surface area (Å²) in [5.74, 6) is 0.896. The van der Waals surface area contributed by atoms with Crippen LogP contribution in [-0.4, -0.2) is 47.2 Å². The molecule has 0 fully saturated rings. The molecule has 1 aromatic heterocycles. The Kier molecular flexibility index (Phi) is 8.47. The third-order valence-corrected chi connectivity index (χ3v) is 5.44. The van der Waals surface area contributed by atoms with E-state index in [-0.39, 0.29) is 19.3 Å². The van der Waals surface area contributed by atoms with Gasteiger partial charge in [-0.15, -0.1) is 0 Å². The molecule has 0 amide bonds. The summed E-state index contributed by atoms with van der Waals surface area (Å²) in [4.78, 5) is 39.1. The van der Waals surface area contributed by atoms with E-state index in [1.807, 2.05) is 27.7 Å². The minimum Gasteiger partial charge on any atom is -0.496 e. The van der Waals surface area contributed by atoms with E-state index in [1.54, 1.807) is 37.4 Å². The van der Waals surface area contributed by atoms with Gasteiger partial charge in [-0.2, -0.15) is 9.78 Å². The Morgan fingerprint density at radius 1 is 1.11 bits per heavy atom. The standard InChI is InChI=1S/C24H26BrN3O7/c1-13(2)33-8-9-34-23(30)20-22(29)26-24(31)28(27-20)16-10-14(3)21(15(4)11-16)35-17-6-7-19(32-5)18(25)12-17/h6-7,10-13H,8-9H2,1-5H3,(H,26,29,31). The molecule has 0 aliphatic heterocycles. The highest BCUT2D eigenvalue weighted by Crippen LogP contribution is 2.34. The zero-order valence-electron chi connectivity index (χ0n) is 20.0. The lowest BCUT2D eigenvalue weighted by atomic mass is 10.1. The number of aromatic amines is 1. The summed E-state index contributed by atoms with van der Waals surface area (Å²) in [6, 6.07) is 8.66. The number of methoxy groups -OCH3 is 1. The minimum absolute atomic E-state index is 0.0261. The van der Waals surface area contributed by atoms with Gasteiger partial charge in [0.05, 0.1) is 30.0 Å². The van der Waals surface area contributed by atoms with Crippen molar-refractivity contribution in [2.75, 3.05) is 20.3 Å². The van der Waals surface area contributed by atoms with Crippen molar-refractivity contribution in [1.29, 1.82) is 0 Å². The molecule has 1 heterocycles. The van der Waals surface area contributed by atoms with Gasteiger partial charge in [-0.3, -0.25) is 9.78 Å². The quantitative estimate of drug-likeness (QED) is 0.318. The highest BCUT2D eigenvalue weighted by atomic mass is 79.9. The molecule has 0 unspecified atom stereocenters. The number of rotatable bonds is 9. The summed E-state index contributed by atoms with van der Waals surface area (Å²) in [5.41, 5.74) is -0.487. The Hall–Kier alpha value is -3.44. The van der Waals surface area contributed by atoms with Crippen LogP contribution in [0.5, 0.6) is 17.2 Å². The van der Waals surface area contributed by atoms with E-state index < -0.39 is 22.9 Å². The molecule has 3 aromatic rings. The van der Waals surface area contributed by atoms with E-state index in [2.05, 4.69) is 26.0 Å². The van der Waals surface area contributed by atoms with Crippen LogP contribution in [0.1, 0.15) is 35.5 Å². The fourth-order valence-corrected chi connectivity index (χ4v) is 3.75. The molecule has 10 nitrogen and oxygen atoms in total. The lowest BCUT2D eigenvalue weighted by Crippen LogP contribution is -2.36. The van der Waals surface area contributed by atoms with Crippen molar-refractivity contribution in [3.63, 3.8) is 0 Å². The number of carbonyl (C=O) groups is 1. The number of nitrogens with zero attached hydrogens (tertiary/aromatic N) is 2. The van der Waals surface area contributed by atoms with Crippen molar-refractivity contribution in [2.24, 2.45) is 0 Å². The van der Waals surface area contributed by atoms with Gasteiger partial charge in [0, 0.05) is 0 Å². The summed E-state index contributed by atoms with van der Waals surface area (Å²) in [6.07, 6.45) is -0.0261. The van der Waals surface area contributed by atoms with Gasteiger partial charge in [-0.05, 0) is 85.1 Å². The van der Waals surface area contributed by atoms with Crippen molar-refractivity contribution in [1.82, 2.24) is 14.8 Å². The molecular formula is C24H26BrN3O7. The van der Waals surface area contributed by atoms with Crippen LogP contribution in [0.15, 0.2) is 44.4 Å². The predicted molar refractivity (Wildman–Crippen MR) is 132 cm³/mol. The second-order valence-corrected chi connectivity index (χ2v) is 8.74. The van der Waals surface area contributed by atoms with Crippen LogP contribution in [0.25, 0.3) is 5.69 Å². The number of ether oxygens (including phenoxy) is 4. The Balaban J connectivity index is 1.89. The fourth-order valence-electron chi connectivity index (χ4n) is 3.23. The first-order valence-electron chi connectivity index (χ1n) is 10.8. The summed E-state index contributed by atoms with van der Waals surface area (Å²) in [7, 11) is 1.58. The molecule has 0 spiro atoms. The summed E-state index contributed by atoms with van der Waals surface area (Å²) in [5, 5.41) is 3.97. The summed E-state index contributed by atoms with van der Waals surface area (Å²) >= 11 is 3.43. The maximum absolute atomic E-state index is 12.5. The minimum atomic E-state index is -0.953. The number of esters is 1. The van der Waals surface area contributed by atoms with Crippen LogP contribution in [0.2, 0.25) is 0 Å². The van der Waals surface area contributed by atoms with E-state index in [4.69, 9.17) is 18.9 Å². The van der Waals surface area contributed by atoms with Crippen LogP contribution in [0, 0.1) is 13.8 Å². The molecule has 0 atom stereocenters. The number of aryl methyl sites for hydroxylation is 2. The number of halogens is 1. The second kappa shape index (κ2) is 11.3. The average molecular weight is 548 g/mol. The van der Waals surface area contributed by atoms with E-state index in [9.17, 15) is 14.4 Å². The van der Waals surface area contributed by atoms with Gasteiger partial charge >= 0.3 is 11.7 Å². The molecular weight excluding hydrogens is 522 g/mol. The molecule has 0 aliphatic rings. The highest BCUT2D eigenvalue weighted by molar-refractivity contribution is 9.10. The number of aromatic nitrogens is 3. The number of carbonyl (C=O) groups excluding carboxylic acids is 1. The lowest BCUT2D eigenvalue weighted by molar-refractivity contribution is 0.0169. The van der Waals surface area contributed by atoms with E-state index in [0.717, 1.165) is 9.15 Å². The van der Waals surface area contributed by atoms with Crippen molar-refractivity contribution in [2.45, 2.75) is 33.8 Å². The molecule has 35 heavy (non-hydrogen) atoms. The zero-order valence-corrected chi connectivity index (χ0v) is 21.6. The van der Waals surface area contributed by atoms with Gasteiger partial charge in [0.15, 0.2) is 0 Å². The Morgan fingerprint density at radius 3 is 2.40 bits per heavy atom. The van der Waals surface area contributed by atoms with E-state index >= 15 is 0 Å². The van der Waals surface area contributed by atoms with E-state index in [0.29, 0.717) is 34.1 Å². The predicted octanol–water partition coefficient (Wildman–Crippen LogP) is 3.68. The molecule has 0 saturated carbocycles. The van der Waals surface area contributed by atoms with Crippen molar-refractivity contribution < 1.29 is 23.7 Å². The van der Waals surface area contributed by atoms with Crippen LogP contribution < -0.4 is 20.7 Å². The van der Waals surface area contributed by atoms with Gasteiger partial charge < -0.3 is 18.9 Å². The van der Waals surface area contributed by atoms with Crippen LogP contribution in [-0.2, 0) is 9.47 Å². The number of hydrogen-bond donors (Lipinski definition) is 1. The van der Waals surface area contributed by atoms with Crippen LogP contribution in [0.4, 0.5) is 0 Å². The zero-order chi connectivity index (χ0) is 25.7. The Labute approximate surface area is 209 Å². The number of benzene rings is 2. The molecule has 1 N–H and O–H groups in total. The lowest BCUT2D eigenvalue weighted by Gasteiger charge is -2.15. The molecule has 2 aromatic carbocycles. The fraction of sp³-hybridized carbons (Fsp3) is 0.333. The first-order chi connectivity index (χ1) is 16.6. The van der Waals surface area contributed by atoms with Crippen molar-refractivity contribution >= 4 is 21.9 Å². The second-order valence-electron chi connectivity index (χ2n) is 7.88. The molecule has 0 saturated heterocycles. The van der Waals surface area contributed by atoms with Gasteiger partial charge in [-0.25, -0.2) is 9.59 Å². The normalized spacial score (nSPS) is 10.9. The van der Waals surface area contributed by atoms with Crippen molar-refractivity contribution in [3.8, 4) is 22.9 Å². The van der Waals surface area contributed by atoms with Gasteiger partial charge in [0.2, 0.25) is 5.69 Å². The van der Waals surface area contributed by atoms with Gasteiger partial charge in [0.25, 0.3) is 5.56 Å². The topological polar surface area (TPSA) is 122 Å². The maximum Gasteiger partial charge on any atom is 0.364 e. The third-order valence-electron chi connectivity index (χ3n) is 4.82. The van der Waals surface area contributed by atoms with Gasteiger partial charge in [-0.1, -0.05) is 0 Å². The van der Waals surface area contributed by atoms with Crippen molar-refractivity contribution in [3.05, 3.63) is 72.5 Å². The molecule has 0 radical (unpaired) electrons. The monoisotopic (exact) mass is 547 g/mol. The first-order valence-corrected chi connectivity index (χ1v) is 11.6.